The van der Waals surface area contributed by atoms with Crippen LogP contribution >= 0.6 is 0 Å². The van der Waals surface area contributed by atoms with Crippen molar-refractivity contribution < 1.29 is 4.74 Å². The number of hydrogen-bond acceptors (Lipinski definition) is 3. The van der Waals surface area contributed by atoms with Crippen molar-refractivity contribution >= 4 is 5.96 Å². The molecule has 146 valence electrons. The summed E-state index contributed by atoms with van der Waals surface area (Å²) in [5.41, 5.74) is 0. The molecule has 25 heavy (non-hydrogen) atoms. The molecule has 5 nitrogen and oxygen atoms in total. The molecular weight excluding hydrogens is 312 g/mol. The van der Waals surface area contributed by atoms with Crippen LogP contribution in [0.25, 0.3) is 0 Å². The van der Waals surface area contributed by atoms with E-state index >= 15 is 0 Å². The summed E-state index contributed by atoms with van der Waals surface area (Å²) in [7, 11) is 0. The molecule has 1 unspecified atom stereocenters. The van der Waals surface area contributed by atoms with Crippen molar-refractivity contribution in [3.63, 3.8) is 0 Å². The Bertz CT molecular complexity index is 382. The molecule has 0 radical (unpaired) electrons. The molecule has 2 fully saturated rings. The summed E-state index contributed by atoms with van der Waals surface area (Å²) in [5.74, 6) is 3.27. The quantitative estimate of drug-likeness (QED) is 0.341. The topological polar surface area (TPSA) is 48.9 Å². The highest BCUT2D eigenvalue weighted by molar-refractivity contribution is 5.79. The third-order valence-corrected chi connectivity index (χ3v) is 4.89. The van der Waals surface area contributed by atoms with Crippen LogP contribution in [0.2, 0.25) is 0 Å². The van der Waals surface area contributed by atoms with Crippen LogP contribution in [-0.2, 0) is 4.74 Å². The molecule has 1 aliphatic heterocycles. The molecule has 0 spiro atoms. The monoisotopic (exact) mass is 352 g/mol. The lowest BCUT2D eigenvalue weighted by Gasteiger charge is -2.33. The van der Waals surface area contributed by atoms with Gasteiger partial charge in [0.15, 0.2) is 5.96 Å². The van der Waals surface area contributed by atoms with Crippen LogP contribution in [0.15, 0.2) is 4.99 Å². The first-order valence-electron chi connectivity index (χ1n) is 10.5. The number of ether oxygens (including phenoxy) is 1. The molecule has 0 bridgehead atoms. The van der Waals surface area contributed by atoms with Crippen LogP contribution in [0, 0.1) is 17.8 Å². The first-order valence-corrected chi connectivity index (χ1v) is 10.5. The molecular formula is C20H40N4O. The van der Waals surface area contributed by atoms with Crippen molar-refractivity contribution in [3.05, 3.63) is 0 Å². The summed E-state index contributed by atoms with van der Waals surface area (Å²) in [4.78, 5) is 7.45. The second-order valence-corrected chi connectivity index (χ2v) is 8.18. The molecule has 0 aromatic carbocycles. The average Bonchev–Trinajstić information content (AvgIpc) is 3.39. The van der Waals surface area contributed by atoms with Crippen LogP contribution in [0.3, 0.4) is 0 Å². The van der Waals surface area contributed by atoms with E-state index in [0.29, 0.717) is 5.92 Å². The summed E-state index contributed by atoms with van der Waals surface area (Å²) in [6.07, 6.45) is 6.40. The van der Waals surface area contributed by atoms with E-state index in [2.05, 4.69) is 36.3 Å². The Morgan fingerprint density at radius 1 is 1.20 bits per heavy atom. The molecule has 2 aliphatic rings. The minimum Gasteiger partial charge on any atom is -0.381 e. The maximum absolute atomic E-state index is 5.69. The van der Waals surface area contributed by atoms with Gasteiger partial charge in [0.2, 0.25) is 0 Å². The summed E-state index contributed by atoms with van der Waals surface area (Å²) in [6.45, 7) is 15.0. The normalized spacial score (nSPS) is 22.4. The van der Waals surface area contributed by atoms with Crippen LogP contribution < -0.4 is 10.6 Å². The van der Waals surface area contributed by atoms with E-state index in [0.717, 1.165) is 57.1 Å². The Kier molecular flexibility index (Phi) is 9.63. The zero-order valence-corrected chi connectivity index (χ0v) is 16.7. The van der Waals surface area contributed by atoms with E-state index in [1.807, 2.05) is 0 Å². The first kappa shape index (κ1) is 20.5. The number of aliphatic imine (C=N–C) groups is 1. The van der Waals surface area contributed by atoms with E-state index in [1.54, 1.807) is 0 Å². The number of rotatable bonds is 11. The summed E-state index contributed by atoms with van der Waals surface area (Å²) in [5, 5.41) is 6.82. The SMILES string of the molecule is CCNC(=NCC1CCCN(CC(C)C)C1)NCCCOCC1CC1. The Hall–Kier alpha value is -0.810. The van der Waals surface area contributed by atoms with Gasteiger partial charge in [-0.3, -0.25) is 4.99 Å². The number of likely N-dealkylation sites (tertiary alicyclic amines) is 1. The van der Waals surface area contributed by atoms with Gasteiger partial charge < -0.3 is 20.3 Å². The zero-order valence-electron chi connectivity index (χ0n) is 16.7. The fourth-order valence-corrected chi connectivity index (χ4v) is 3.46. The third-order valence-electron chi connectivity index (χ3n) is 4.89. The lowest BCUT2D eigenvalue weighted by atomic mass is 9.97. The van der Waals surface area contributed by atoms with Crippen LogP contribution in [0.5, 0.6) is 0 Å². The Labute approximate surface area is 155 Å². The van der Waals surface area contributed by atoms with E-state index < -0.39 is 0 Å². The van der Waals surface area contributed by atoms with E-state index in [9.17, 15) is 0 Å². The molecule has 1 saturated carbocycles. The van der Waals surface area contributed by atoms with Gasteiger partial charge in [0, 0.05) is 45.9 Å². The average molecular weight is 353 g/mol. The van der Waals surface area contributed by atoms with E-state index in [4.69, 9.17) is 9.73 Å². The first-order chi connectivity index (χ1) is 12.2. The molecule has 0 aromatic rings. The second-order valence-electron chi connectivity index (χ2n) is 8.18. The fourth-order valence-electron chi connectivity index (χ4n) is 3.46. The smallest absolute Gasteiger partial charge is 0.191 e. The lowest BCUT2D eigenvalue weighted by molar-refractivity contribution is 0.123. The van der Waals surface area contributed by atoms with Gasteiger partial charge in [0.05, 0.1) is 0 Å². The van der Waals surface area contributed by atoms with Gasteiger partial charge in [-0.2, -0.15) is 0 Å². The minimum absolute atomic E-state index is 0.699. The molecule has 1 saturated heterocycles. The van der Waals surface area contributed by atoms with Gasteiger partial charge >= 0.3 is 0 Å². The van der Waals surface area contributed by atoms with Crippen molar-refractivity contribution in [2.45, 2.75) is 52.9 Å². The van der Waals surface area contributed by atoms with Crippen molar-refractivity contribution in [2.75, 3.05) is 52.5 Å². The molecule has 0 aromatic heterocycles. The Balaban J connectivity index is 1.63. The van der Waals surface area contributed by atoms with Crippen LogP contribution in [0.4, 0.5) is 0 Å². The van der Waals surface area contributed by atoms with Crippen molar-refractivity contribution in [3.8, 4) is 0 Å². The molecule has 0 amide bonds. The summed E-state index contributed by atoms with van der Waals surface area (Å²) in [6, 6.07) is 0. The molecule has 1 aliphatic carbocycles. The lowest BCUT2D eigenvalue weighted by Crippen LogP contribution is -2.41. The third kappa shape index (κ3) is 9.45. The highest BCUT2D eigenvalue weighted by atomic mass is 16.5. The molecule has 1 heterocycles. The van der Waals surface area contributed by atoms with Gasteiger partial charge in [-0.05, 0) is 63.3 Å². The van der Waals surface area contributed by atoms with Crippen molar-refractivity contribution in [1.29, 1.82) is 0 Å². The maximum atomic E-state index is 5.69. The van der Waals surface area contributed by atoms with Gasteiger partial charge in [-0.1, -0.05) is 13.8 Å². The number of guanidine groups is 1. The van der Waals surface area contributed by atoms with Crippen LogP contribution in [-0.4, -0.2) is 63.3 Å². The maximum Gasteiger partial charge on any atom is 0.191 e. The van der Waals surface area contributed by atoms with Gasteiger partial charge in [-0.25, -0.2) is 0 Å². The van der Waals surface area contributed by atoms with Crippen molar-refractivity contribution in [2.24, 2.45) is 22.7 Å². The predicted molar refractivity (Wildman–Crippen MR) is 106 cm³/mol. The summed E-state index contributed by atoms with van der Waals surface area (Å²) >= 11 is 0. The predicted octanol–water partition coefficient (Wildman–Crippen LogP) is 2.73. The molecule has 5 heteroatoms. The highest BCUT2D eigenvalue weighted by Gasteiger charge is 2.21. The van der Waals surface area contributed by atoms with Crippen LogP contribution in [0.1, 0.15) is 52.9 Å². The fraction of sp³-hybridized carbons (Fsp3) is 0.950. The number of piperidine rings is 1. The number of nitrogens with zero attached hydrogens (tertiary/aromatic N) is 2. The highest BCUT2D eigenvalue weighted by Crippen LogP contribution is 2.28. The van der Waals surface area contributed by atoms with Gasteiger partial charge in [-0.15, -0.1) is 0 Å². The minimum atomic E-state index is 0.699. The van der Waals surface area contributed by atoms with E-state index in [-0.39, 0.29) is 0 Å². The Morgan fingerprint density at radius 2 is 2.04 bits per heavy atom. The molecule has 2 N–H and O–H groups in total. The zero-order chi connectivity index (χ0) is 17.9. The molecule has 1 atom stereocenters. The van der Waals surface area contributed by atoms with Crippen molar-refractivity contribution in [1.82, 2.24) is 15.5 Å². The number of nitrogens with one attached hydrogen (secondary N) is 2. The Morgan fingerprint density at radius 3 is 2.76 bits per heavy atom. The summed E-state index contributed by atoms with van der Waals surface area (Å²) < 4.78 is 5.69. The van der Waals surface area contributed by atoms with Gasteiger partial charge in [0.25, 0.3) is 0 Å². The second kappa shape index (κ2) is 11.7. The van der Waals surface area contributed by atoms with Gasteiger partial charge in [0.1, 0.15) is 0 Å². The van der Waals surface area contributed by atoms with E-state index in [1.165, 1.54) is 45.3 Å². The largest absolute Gasteiger partial charge is 0.381 e. The molecule has 2 rings (SSSR count). The number of hydrogen-bond donors (Lipinski definition) is 2. The standard InChI is InChI=1S/C20H40N4O/c1-4-21-20(22-10-6-12-25-16-18-8-9-18)23-13-19-7-5-11-24(15-19)14-17(2)3/h17-19H,4-16H2,1-3H3,(H2,21,22,23).